The van der Waals surface area contributed by atoms with Crippen molar-refractivity contribution in [3.8, 4) is 17.3 Å². The second-order valence-electron chi connectivity index (χ2n) is 4.11. The Morgan fingerprint density at radius 2 is 2.05 bits per heavy atom. The zero-order valence-corrected chi connectivity index (χ0v) is 13.9. The van der Waals surface area contributed by atoms with Crippen molar-refractivity contribution in [2.75, 3.05) is 0 Å². The molecule has 0 radical (unpaired) electrons. The number of halogens is 1. The summed E-state index contributed by atoms with van der Waals surface area (Å²) < 4.78 is 1.02. The van der Waals surface area contributed by atoms with Gasteiger partial charge in [-0.2, -0.15) is 5.26 Å². The second-order valence-corrected chi connectivity index (χ2v) is 6.83. The molecule has 0 aromatic carbocycles. The van der Waals surface area contributed by atoms with Crippen LogP contribution in [0, 0.1) is 11.3 Å². The van der Waals surface area contributed by atoms with Crippen molar-refractivity contribution in [3.05, 3.63) is 55.7 Å². The standard InChI is InChI=1S/C15H8BrN3S2/c16-12-6-13(20-8-12)5-11(7-17)15-19-14(9-21-15)10-1-3-18-4-2-10/h1-6,8-9H/b11-5-. The van der Waals surface area contributed by atoms with E-state index in [0.717, 1.165) is 25.6 Å². The molecule has 0 unspecified atom stereocenters. The SMILES string of the molecule is N#C/C(=C/c1cc(Br)cs1)c1nc(-c2ccncc2)cs1. The van der Waals surface area contributed by atoms with Gasteiger partial charge in [-0.3, -0.25) is 4.98 Å². The van der Waals surface area contributed by atoms with Crippen LogP contribution < -0.4 is 0 Å². The lowest BCUT2D eigenvalue weighted by molar-refractivity contribution is 1.31. The van der Waals surface area contributed by atoms with E-state index in [4.69, 9.17) is 0 Å². The number of hydrogen-bond donors (Lipinski definition) is 0. The molecule has 0 N–H and O–H groups in total. The Kier molecular flexibility index (Phi) is 4.25. The maximum absolute atomic E-state index is 9.36. The Balaban J connectivity index is 1.95. The largest absolute Gasteiger partial charge is 0.265 e. The van der Waals surface area contributed by atoms with Crippen molar-refractivity contribution in [2.45, 2.75) is 0 Å². The maximum Gasteiger partial charge on any atom is 0.134 e. The Morgan fingerprint density at radius 3 is 2.71 bits per heavy atom. The summed E-state index contributed by atoms with van der Waals surface area (Å²) in [6.45, 7) is 0. The van der Waals surface area contributed by atoms with Gasteiger partial charge in [0.25, 0.3) is 0 Å². The van der Waals surface area contributed by atoms with Crippen LogP contribution in [0.3, 0.4) is 0 Å². The van der Waals surface area contributed by atoms with Crippen LogP contribution in [0.25, 0.3) is 22.9 Å². The minimum Gasteiger partial charge on any atom is -0.265 e. The molecule has 102 valence electrons. The minimum atomic E-state index is 0.578. The van der Waals surface area contributed by atoms with Gasteiger partial charge in [-0.25, -0.2) is 4.98 Å². The van der Waals surface area contributed by atoms with Gasteiger partial charge in [0.15, 0.2) is 0 Å². The number of nitriles is 1. The lowest BCUT2D eigenvalue weighted by Crippen LogP contribution is -1.82. The first-order valence-corrected chi connectivity index (χ1v) is 8.53. The zero-order chi connectivity index (χ0) is 14.7. The molecule has 3 heterocycles. The smallest absolute Gasteiger partial charge is 0.134 e. The van der Waals surface area contributed by atoms with Gasteiger partial charge in [0.05, 0.1) is 11.3 Å². The summed E-state index contributed by atoms with van der Waals surface area (Å²) in [6, 6.07) is 8.03. The number of thiazole rings is 1. The van der Waals surface area contributed by atoms with Crippen molar-refractivity contribution in [3.63, 3.8) is 0 Å². The van der Waals surface area contributed by atoms with Gasteiger partial charge in [0.1, 0.15) is 11.1 Å². The highest BCUT2D eigenvalue weighted by Crippen LogP contribution is 2.29. The van der Waals surface area contributed by atoms with Gasteiger partial charge in [-0.05, 0) is 40.2 Å². The molecular formula is C15H8BrN3S2. The van der Waals surface area contributed by atoms with Crippen LogP contribution in [-0.2, 0) is 0 Å². The fourth-order valence-electron chi connectivity index (χ4n) is 1.74. The Hall–Kier alpha value is -1.81. The molecule has 6 heteroatoms. The number of pyridine rings is 1. The van der Waals surface area contributed by atoms with Gasteiger partial charge < -0.3 is 0 Å². The molecule has 0 aliphatic heterocycles. The molecule has 0 saturated heterocycles. The molecule has 0 spiro atoms. The summed E-state index contributed by atoms with van der Waals surface area (Å²) in [5, 5.41) is 14.0. The lowest BCUT2D eigenvalue weighted by Gasteiger charge is -1.94. The van der Waals surface area contributed by atoms with E-state index in [-0.39, 0.29) is 0 Å². The molecule has 3 nitrogen and oxygen atoms in total. The number of rotatable bonds is 3. The Morgan fingerprint density at radius 1 is 1.24 bits per heavy atom. The molecule has 0 bridgehead atoms. The van der Waals surface area contributed by atoms with E-state index in [1.165, 1.54) is 11.3 Å². The monoisotopic (exact) mass is 373 g/mol. The average molecular weight is 374 g/mol. The van der Waals surface area contributed by atoms with Crippen LogP contribution in [-0.4, -0.2) is 9.97 Å². The van der Waals surface area contributed by atoms with E-state index in [0.29, 0.717) is 5.57 Å². The van der Waals surface area contributed by atoms with Crippen molar-refractivity contribution in [2.24, 2.45) is 0 Å². The van der Waals surface area contributed by atoms with Gasteiger partial charge in [0.2, 0.25) is 0 Å². The van der Waals surface area contributed by atoms with Crippen LogP contribution in [0.15, 0.2) is 45.8 Å². The van der Waals surface area contributed by atoms with Crippen LogP contribution in [0.1, 0.15) is 9.88 Å². The highest BCUT2D eigenvalue weighted by molar-refractivity contribution is 9.10. The first kappa shape index (κ1) is 14.1. The quantitative estimate of drug-likeness (QED) is 0.600. The van der Waals surface area contributed by atoms with E-state index in [1.807, 2.05) is 35.0 Å². The topological polar surface area (TPSA) is 49.6 Å². The zero-order valence-electron chi connectivity index (χ0n) is 10.7. The van der Waals surface area contributed by atoms with Gasteiger partial charge in [0, 0.05) is 38.1 Å². The predicted octanol–water partition coefficient (Wildman–Crippen LogP) is 5.09. The van der Waals surface area contributed by atoms with E-state index < -0.39 is 0 Å². The van der Waals surface area contributed by atoms with Gasteiger partial charge >= 0.3 is 0 Å². The van der Waals surface area contributed by atoms with Crippen LogP contribution >= 0.6 is 38.6 Å². The van der Waals surface area contributed by atoms with Crippen LogP contribution in [0.4, 0.5) is 0 Å². The van der Waals surface area contributed by atoms with Crippen LogP contribution in [0.5, 0.6) is 0 Å². The number of thiophene rings is 1. The predicted molar refractivity (Wildman–Crippen MR) is 90.8 cm³/mol. The van der Waals surface area contributed by atoms with Crippen molar-refractivity contribution >= 4 is 50.3 Å². The molecular weight excluding hydrogens is 366 g/mol. The van der Waals surface area contributed by atoms with Crippen molar-refractivity contribution in [1.82, 2.24) is 9.97 Å². The molecule has 0 amide bonds. The average Bonchev–Trinajstić information content (AvgIpc) is 3.15. The fourth-order valence-corrected chi connectivity index (χ4v) is 3.91. The molecule has 3 aromatic rings. The number of nitrogens with zero attached hydrogens (tertiary/aromatic N) is 3. The summed E-state index contributed by atoms with van der Waals surface area (Å²) in [4.78, 5) is 9.57. The van der Waals surface area contributed by atoms with E-state index in [2.05, 4.69) is 32.0 Å². The third-order valence-corrected chi connectivity index (χ3v) is 5.22. The van der Waals surface area contributed by atoms with E-state index in [1.54, 1.807) is 23.7 Å². The summed E-state index contributed by atoms with van der Waals surface area (Å²) in [7, 11) is 0. The number of hydrogen-bond acceptors (Lipinski definition) is 5. The van der Waals surface area contributed by atoms with Crippen molar-refractivity contribution in [1.29, 1.82) is 5.26 Å². The Labute approximate surface area is 138 Å². The van der Waals surface area contributed by atoms with Gasteiger partial charge in [-0.1, -0.05) is 0 Å². The minimum absolute atomic E-state index is 0.578. The number of allylic oxidation sites excluding steroid dienone is 1. The van der Waals surface area contributed by atoms with Crippen molar-refractivity contribution < 1.29 is 0 Å². The molecule has 3 rings (SSSR count). The fraction of sp³-hybridized carbons (Fsp3) is 0. The maximum atomic E-state index is 9.36. The molecule has 0 saturated carbocycles. The molecule has 0 aliphatic rings. The molecule has 0 atom stereocenters. The Bertz CT molecular complexity index is 828. The lowest BCUT2D eigenvalue weighted by atomic mass is 10.2. The van der Waals surface area contributed by atoms with Crippen LogP contribution in [0.2, 0.25) is 0 Å². The molecule has 21 heavy (non-hydrogen) atoms. The highest BCUT2D eigenvalue weighted by Gasteiger charge is 2.09. The summed E-state index contributed by atoms with van der Waals surface area (Å²) in [5.74, 6) is 0. The summed E-state index contributed by atoms with van der Waals surface area (Å²) in [6.07, 6.45) is 5.34. The third-order valence-electron chi connectivity index (χ3n) is 2.71. The number of aromatic nitrogens is 2. The normalized spacial score (nSPS) is 11.3. The second kappa shape index (κ2) is 6.31. The summed E-state index contributed by atoms with van der Waals surface area (Å²) >= 11 is 6.47. The first-order valence-electron chi connectivity index (χ1n) is 5.98. The first-order chi connectivity index (χ1) is 10.3. The summed E-state index contributed by atoms with van der Waals surface area (Å²) in [5.41, 5.74) is 2.45. The molecule has 0 fully saturated rings. The van der Waals surface area contributed by atoms with E-state index in [9.17, 15) is 5.26 Å². The highest BCUT2D eigenvalue weighted by atomic mass is 79.9. The molecule has 3 aromatic heterocycles. The third kappa shape index (κ3) is 3.27. The molecule has 0 aliphatic carbocycles. The van der Waals surface area contributed by atoms with E-state index >= 15 is 0 Å². The van der Waals surface area contributed by atoms with Gasteiger partial charge in [-0.15, -0.1) is 22.7 Å².